The second-order valence-corrected chi connectivity index (χ2v) is 4.37. The van der Waals surface area contributed by atoms with Gasteiger partial charge in [-0.2, -0.15) is 10.5 Å². The third-order valence-electron chi connectivity index (χ3n) is 3.04. The average molecular weight is 238 g/mol. The highest BCUT2D eigenvalue weighted by Crippen LogP contribution is 2.24. The van der Waals surface area contributed by atoms with Gasteiger partial charge in [0.25, 0.3) is 0 Å². The summed E-state index contributed by atoms with van der Waals surface area (Å²) in [6, 6.07) is 11.2. The lowest BCUT2D eigenvalue weighted by atomic mass is 10.1. The Kier molecular flexibility index (Phi) is 3.99. The van der Waals surface area contributed by atoms with Crippen molar-refractivity contribution in [1.29, 1.82) is 10.5 Å². The highest BCUT2D eigenvalue weighted by Gasteiger charge is 2.16. The van der Waals surface area contributed by atoms with Gasteiger partial charge in [-0.15, -0.1) is 0 Å². The maximum absolute atomic E-state index is 8.67. The first-order valence-corrected chi connectivity index (χ1v) is 6.10. The molecule has 0 radical (unpaired) electrons. The average Bonchev–Trinajstić information content (AvgIpc) is 2.91. The van der Waals surface area contributed by atoms with Crippen LogP contribution in [0.1, 0.15) is 31.2 Å². The Balaban J connectivity index is 2.04. The smallest absolute Gasteiger partial charge is 0.130 e. The number of rotatable bonds is 3. The molecule has 0 saturated heterocycles. The van der Waals surface area contributed by atoms with Gasteiger partial charge in [-0.1, -0.05) is 12.1 Å². The molecule has 1 aliphatic carbocycles. The number of ether oxygens (including phenoxy) is 1. The molecule has 3 nitrogen and oxygen atoms in total. The molecule has 1 saturated carbocycles. The Morgan fingerprint density at radius 1 is 1.11 bits per heavy atom. The molecule has 0 N–H and O–H groups in total. The zero-order valence-electron chi connectivity index (χ0n) is 10.1. The molecule has 1 aliphatic rings. The molecule has 1 aromatic carbocycles. The van der Waals surface area contributed by atoms with Gasteiger partial charge in [0, 0.05) is 0 Å². The van der Waals surface area contributed by atoms with Crippen molar-refractivity contribution >= 4 is 6.08 Å². The first-order chi connectivity index (χ1) is 8.81. The second kappa shape index (κ2) is 5.89. The number of hydrogen-bond acceptors (Lipinski definition) is 3. The lowest BCUT2D eigenvalue weighted by Gasteiger charge is -2.12. The predicted molar refractivity (Wildman–Crippen MR) is 68.5 cm³/mol. The number of hydrogen-bond donors (Lipinski definition) is 0. The highest BCUT2D eigenvalue weighted by molar-refractivity contribution is 5.62. The van der Waals surface area contributed by atoms with Crippen molar-refractivity contribution in [3.8, 4) is 17.9 Å². The van der Waals surface area contributed by atoms with E-state index in [0.717, 1.165) is 24.2 Å². The molecule has 0 aliphatic heterocycles. The quantitative estimate of drug-likeness (QED) is 0.758. The molecule has 90 valence electrons. The van der Waals surface area contributed by atoms with Gasteiger partial charge in [0.15, 0.2) is 0 Å². The van der Waals surface area contributed by atoms with Crippen LogP contribution in [0, 0.1) is 22.7 Å². The summed E-state index contributed by atoms with van der Waals surface area (Å²) in [5.74, 6) is 0.856. The van der Waals surface area contributed by atoms with Crippen LogP contribution in [0.15, 0.2) is 29.8 Å². The van der Waals surface area contributed by atoms with Gasteiger partial charge in [0.05, 0.1) is 6.10 Å². The van der Waals surface area contributed by atoms with Crippen LogP contribution in [0.5, 0.6) is 5.75 Å². The van der Waals surface area contributed by atoms with E-state index in [2.05, 4.69) is 0 Å². The van der Waals surface area contributed by atoms with E-state index in [-0.39, 0.29) is 5.57 Å². The summed E-state index contributed by atoms with van der Waals surface area (Å²) in [5, 5.41) is 17.3. The number of allylic oxidation sites excluding steroid dienone is 1. The van der Waals surface area contributed by atoms with Crippen molar-refractivity contribution in [2.24, 2.45) is 0 Å². The Morgan fingerprint density at radius 2 is 1.72 bits per heavy atom. The Bertz CT molecular complexity index is 495. The van der Waals surface area contributed by atoms with Gasteiger partial charge in [0.2, 0.25) is 0 Å². The largest absolute Gasteiger partial charge is 0.490 e. The summed E-state index contributed by atoms with van der Waals surface area (Å²) in [6.45, 7) is 0. The van der Waals surface area contributed by atoms with Gasteiger partial charge in [0.1, 0.15) is 23.5 Å². The van der Waals surface area contributed by atoms with Crippen LogP contribution in [0.2, 0.25) is 0 Å². The van der Waals surface area contributed by atoms with E-state index >= 15 is 0 Å². The van der Waals surface area contributed by atoms with Gasteiger partial charge >= 0.3 is 0 Å². The van der Waals surface area contributed by atoms with E-state index in [1.807, 2.05) is 36.4 Å². The summed E-state index contributed by atoms with van der Waals surface area (Å²) >= 11 is 0. The van der Waals surface area contributed by atoms with E-state index in [0.29, 0.717) is 6.10 Å². The summed E-state index contributed by atoms with van der Waals surface area (Å²) in [7, 11) is 0. The molecular weight excluding hydrogens is 224 g/mol. The van der Waals surface area contributed by atoms with Gasteiger partial charge in [-0.25, -0.2) is 0 Å². The SMILES string of the molecule is N#CC(C#N)=Cc1ccc(OC2CCCC2)cc1. The lowest BCUT2D eigenvalue weighted by Crippen LogP contribution is -2.10. The maximum atomic E-state index is 8.67. The van der Waals surface area contributed by atoms with Crippen LogP contribution in [0.4, 0.5) is 0 Å². The van der Waals surface area contributed by atoms with Crippen LogP contribution in [-0.4, -0.2) is 6.10 Å². The first kappa shape index (κ1) is 12.2. The molecule has 0 atom stereocenters. The fourth-order valence-electron chi connectivity index (χ4n) is 2.10. The lowest BCUT2D eigenvalue weighted by molar-refractivity contribution is 0.210. The topological polar surface area (TPSA) is 56.8 Å². The molecule has 1 aromatic rings. The van der Waals surface area contributed by atoms with Crippen LogP contribution >= 0.6 is 0 Å². The highest BCUT2D eigenvalue weighted by atomic mass is 16.5. The zero-order chi connectivity index (χ0) is 12.8. The van der Waals surface area contributed by atoms with Crippen molar-refractivity contribution < 1.29 is 4.74 Å². The number of nitrogens with zero attached hydrogens (tertiary/aromatic N) is 2. The van der Waals surface area contributed by atoms with Crippen LogP contribution in [0.3, 0.4) is 0 Å². The molecule has 3 heteroatoms. The fraction of sp³-hybridized carbons (Fsp3) is 0.333. The Labute approximate surface area is 107 Å². The molecule has 0 unspecified atom stereocenters. The van der Waals surface area contributed by atoms with Crippen molar-refractivity contribution in [3.05, 3.63) is 35.4 Å². The molecule has 0 amide bonds. The van der Waals surface area contributed by atoms with Gasteiger partial charge in [-0.05, 0) is 49.5 Å². The van der Waals surface area contributed by atoms with Crippen molar-refractivity contribution in [2.45, 2.75) is 31.8 Å². The van der Waals surface area contributed by atoms with Crippen molar-refractivity contribution in [1.82, 2.24) is 0 Å². The van der Waals surface area contributed by atoms with E-state index in [1.54, 1.807) is 6.08 Å². The second-order valence-electron chi connectivity index (χ2n) is 4.37. The molecular formula is C15H14N2O. The van der Waals surface area contributed by atoms with E-state index in [1.165, 1.54) is 12.8 Å². The minimum absolute atomic E-state index is 0.111. The minimum Gasteiger partial charge on any atom is -0.490 e. The Hall–Kier alpha value is -2.26. The molecule has 2 rings (SSSR count). The van der Waals surface area contributed by atoms with Crippen molar-refractivity contribution in [2.75, 3.05) is 0 Å². The normalized spacial score (nSPS) is 14.6. The number of nitriles is 2. The van der Waals surface area contributed by atoms with Crippen LogP contribution < -0.4 is 4.74 Å². The molecule has 0 aromatic heterocycles. The predicted octanol–water partition coefficient (Wildman–Crippen LogP) is 3.44. The molecule has 1 fully saturated rings. The summed E-state index contributed by atoms with van der Waals surface area (Å²) in [6.07, 6.45) is 6.68. The Morgan fingerprint density at radius 3 is 2.28 bits per heavy atom. The van der Waals surface area contributed by atoms with E-state index in [4.69, 9.17) is 15.3 Å². The van der Waals surface area contributed by atoms with Gasteiger partial charge < -0.3 is 4.74 Å². The maximum Gasteiger partial charge on any atom is 0.130 e. The van der Waals surface area contributed by atoms with Crippen LogP contribution in [-0.2, 0) is 0 Å². The standard InChI is InChI=1S/C15H14N2O/c16-10-13(11-17)9-12-5-7-15(8-6-12)18-14-3-1-2-4-14/h5-9,14H,1-4H2. The molecule has 18 heavy (non-hydrogen) atoms. The summed E-state index contributed by atoms with van der Waals surface area (Å²) < 4.78 is 5.84. The van der Waals surface area contributed by atoms with Crippen molar-refractivity contribution in [3.63, 3.8) is 0 Å². The monoisotopic (exact) mass is 238 g/mol. The van der Waals surface area contributed by atoms with Gasteiger partial charge in [-0.3, -0.25) is 0 Å². The van der Waals surface area contributed by atoms with E-state index < -0.39 is 0 Å². The molecule has 0 spiro atoms. The summed E-state index contributed by atoms with van der Waals surface area (Å²) in [5.41, 5.74) is 0.950. The van der Waals surface area contributed by atoms with E-state index in [9.17, 15) is 0 Å². The first-order valence-electron chi connectivity index (χ1n) is 6.10. The van der Waals surface area contributed by atoms with Crippen LogP contribution in [0.25, 0.3) is 6.08 Å². The zero-order valence-corrected chi connectivity index (χ0v) is 10.1. The number of benzene rings is 1. The fourth-order valence-corrected chi connectivity index (χ4v) is 2.10. The summed E-state index contributed by atoms with van der Waals surface area (Å²) in [4.78, 5) is 0. The third kappa shape index (κ3) is 3.12. The minimum atomic E-state index is 0.111. The molecule has 0 heterocycles. The third-order valence-corrected chi connectivity index (χ3v) is 3.04. The molecule has 0 bridgehead atoms.